The molecule has 1 atom stereocenters. The van der Waals surface area contributed by atoms with Crippen LogP contribution in [0.1, 0.15) is 278 Å². The van der Waals surface area contributed by atoms with Gasteiger partial charge in [-0.1, -0.05) is 245 Å². The molecule has 0 spiro atoms. The van der Waals surface area contributed by atoms with Crippen molar-refractivity contribution in [2.45, 2.75) is 284 Å². The summed E-state index contributed by atoms with van der Waals surface area (Å²) < 4.78 is 0. The van der Waals surface area contributed by atoms with Gasteiger partial charge in [0.2, 0.25) is 0 Å². The minimum atomic E-state index is -0.899. The van der Waals surface area contributed by atoms with Gasteiger partial charge in [-0.15, -0.1) is 0 Å². The molecule has 0 rings (SSSR count). The Bertz CT molecular complexity index is 602. The van der Waals surface area contributed by atoms with Gasteiger partial charge in [-0.3, -0.25) is 0 Å². The summed E-state index contributed by atoms with van der Waals surface area (Å²) in [5.41, 5.74) is 0. The molecule has 0 N–H and O–H groups in total. The number of unbranched alkanes of at least 4 members (excludes halogenated alkanes) is 36. The van der Waals surface area contributed by atoms with Gasteiger partial charge in [0.25, 0.3) is 0 Å². The van der Waals surface area contributed by atoms with E-state index in [2.05, 4.69) is 25.7 Å². The molecule has 4 heteroatoms. The number of carboxylic acid groups (broad SMARTS) is 1. The number of carbonyl (C=O) groups is 1. The van der Waals surface area contributed by atoms with Crippen molar-refractivity contribution in [3.05, 3.63) is 0 Å². The number of aliphatic carboxylic acids is 1. The third-order valence-corrected chi connectivity index (χ3v) is 11.5. The van der Waals surface area contributed by atoms with E-state index < -0.39 is 5.97 Å². The average Bonchev–Trinajstić information content (AvgIpc) is 3.11. The van der Waals surface area contributed by atoms with Gasteiger partial charge in [0, 0.05) is 12.0 Å². The van der Waals surface area contributed by atoms with E-state index in [4.69, 9.17) is 0 Å². The van der Waals surface area contributed by atoms with Crippen LogP contribution in [-0.4, -0.2) is 30.0 Å². The Kier molecular flexibility index (Phi) is 48.1. The molecule has 0 aromatic carbocycles. The molecule has 51 heavy (non-hydrogen) atoms. The maximum absolute atomic E-state index is 11.1. The van der Waals surface area contributed by atoms with Crippen molar-refractivity contribution in [1.29, 1.82) is 0 Å². The van der Waals surface area contributed by atoms with E-state index in [9.17, 15) is 9.90 Å². The van der Waals surface area contributed by atoms with Gasteiger partial charge in [-0.05, 0) is 45.7 Å². The van der Waals surface area contributed by atoms with E-state index in [1.807, 2.05) is 0 Å². The largest absolute Gasteiger partial charge is 1.00 e. The molecular weight excluding hydrogens is 617 g/mol. The summed E-state index contributed by atoms with van der Waals surface area (Å²) in [5, 5.41) is 11.1. The molecule has 300 valence electrons. The molecule has 0 saturated carbocycles. The Hall–Kier alpha value is 0.0274. The Morgan fingerprint density at radius 1 is 0.392 bits per heavy atom. The molecule has 0 bridgehead atoms. The third-order valence-electron chi connectivity index (χ3n) is 11.5. The first-order valence-corrected chi connectivity index (χ1v) is 23.6. The van der Waals surface area contributed by atoms with Crippen LogP contribution in [-0.2, 0) is 4.79 Å². The fourth-order valence-electron chi connectivity index (χ4n) is 7.85. The average molecular weight is 712 g/mol. The van der Waals surface area contributed by atoms with Crippen molar-refractivity contribution in [2.24, 2.45) is 0 Å². The summed E-state index contributed by atoms with van der Waals surface area (Å²) in [7, 11) is 0. The van der Waals surface area contributed by atoms with Crippen LogP contribution >= 0.6 is 0 Å². The fraction of sp³-hybridized carbons (Fsp3) is 0.979. The number of hydrogen-bond acceptors (Lipinski definition) is 3. The second kappa shape index (κ2) is 46.2. The second-order valence-corrected chi connectivity index (χ2v) is 16.5. The van der Waals surface area contributed by atoms with Crippen molar-refractivity contribution in [3.63, 3.8) is 0 Å². The molecule has 0 heterocycles. The van der Waals surface area contributed by atoms with Crippen LogP contribution in [0.4, 0.5) is 0 Å². The van der Waals surface area contributed by atoms with Crippen LogP contribution in [0.5, 0.6) is 0 Å². The van der Waals surface area contributed by atoms with Gasteiger partial charge >= 0.3 is 18.9 Å². The molecule has 1 unspecified atom stereocenters. The van der Waals surface area contributed by atoms with Crippen molar-refractivity contribution < 1.29 is 28.8 Å². The van der Waals surface area contributed by atoms with Crippen molar-refractivity contribution in [3.8, 4) is 0 Å². The Balaban J connectivity index is 0. The third kappa shape index (κ3) is 44.3. The van der Waals surface area contributed by atoms with Gasteiger partial charge in [0.15, 0.2) is 0 Å². The first kappa shape index (κ1) is 53.1. The molecule has 0 amide bonds. The molecule has 0 saturated heterocycles. The summed E-state index contributed by atoms with van der Waals surface area (Å²) in [6.45, 7) is 9.09. The SMILES string of the molecule is CCCCCCCCCCCCCCCCCCCCCN(CCCCCCCCCCCCCCCCCCCCC)C(C)CCC(=O)[O-].[Li+]. The summed E-state index contributed by atoms with van der Waals surface area (Å²) >= 11 is 0. The van der Waals surface area contributed by atoms with Gasteiger partial charge in [-0.2, -0.15) is 0 Å². The van der Waals surface area contributed by atoms with Crippen LogP contribution in [0, 0.1) is 0 Å². The monoisotopic (exact) mass is 712 g/mol. The minimum absolute atomic E-state index is 0. The summed E-state index contributed by atoms with van der Waals surface area (Å²) in [6, 6.07) is 0.346. The number of nitrogens with zero attached hydrogens (tertiary/aromatic N) is 1. The Labute approximate surface area is 335 Å². The van der Waals surface area contributed by atoms with E-state index in [1.54, 1.807) is 0 Å². The van der Waals surface area contributed by atoms with Crippen LogP contribution in [0.25, 0.3) is 0 Å². The Morgan fingerprint density at radius 2 is 0.588 bits per heavy atom. The molecule has 0 radical (unpaired) electrons. The van der Waals surface area contributed by atoms with Crippen molar-refractivity contribution in [2.75, 3.05) is 13.1 Å². The van der Waals surface area contributed by atoms with E-state index in [0.717, 1.165) is 19.5 Å². The smallest absolute Gasteiger partial charge is 0.550 e. The van der Waals surface area contributed by atoms with Gasteiger partial charge < -0.3 is 14.8 Å². The molecule has 3 nitrogen and oxygen atoms in total. The van der Waals surface area contributed by atoms with Gasteiger partial charge in [0.05, 0.1) is 0 Å². The summed E-state index contributed by atoms with van der Waals surface area (Å²) in [5.74, 6) is -0.899. The van der Waals surface area contributed by atoms with Crippen molar-refractivity contribution >= 4 is 5.97 Å². The standard InChI is InChI=1S/C47H95NO2.Li/c1-4-6-8-10-12-14-16-18-20-22-24-26-28-30-32-34-36-38-40-44-48(46(3)42-43-47(49)50)45-41-39-37-35-33-31-29-27-25-23-21-19-17-15-13-11-9-7-5-2;/h46H,4-45H2,1-3H3,(H,49,50);/q;+1/p-1. The molecule has 0 aliphatic rings. The van der Waals surface area contributed by atoms with E-state index >= 15 is 0 Å². The van der Waals surface area contributed by atoms with Gasteiger partial charge in [0.1, 0.15) is 0 Å². The van der Waals surface area contributed by atoms with E-state index in [1.165, 1.54) is 244 Å². The normalized spacial score (nSPS) is 12.1. The zero-order chi connectivity index (χ0) is 36.4. The first-order valence-electron chi connectivity index (χ1n) is 23.6. The summed E-state index contributed by atoms with van der Waals surface area (Å²) in [4.78, 5) is 13.7. The molecule has 0 aromatic heterocycles. The molecular formula is C47H94LiNO2. The maximum Gasteiger partial charge on any atom is 1.00 e. The number of carboxylic acids is 1. The van der Waals surface area contributed by atoms with E-state index in [0.29, 0.717) is 6.04 Å². The quantitative estimate of drug-likeness (QED) is 0.0467. The van der Waals surface area contributed by atoms with Gasteiger partial charge in [-0.25, -0.2) is 0 Å². The molecule has 0 aliphatic heterocycles. The summed E-state index contributed by atoms with van der Waals surface area (Å²) in [6.07, 6.45) is 54.7. The van der Waals surface area contributed by atoms with E-state index in [-0.39, 0.29) is 25.3 Å². The number of carbonyl (C=O) groups excluding carboxylic acids is 1. The number of rotatable bonds is 44. The zero-order valence-corrected chi connectivity index (χ0v) is 36.0. The first-order chi connectivity index (χ1) is 24.6. The predicted molar refractivity (Wildman–Crippen MR) is 222 cm³/mol. The van der Waals surface area contributed by atoms with Crippen LogP contribution in [0.3, 0.4) is 0 Å². The molecule has 0 aromatic rings. The predicted octanol–water partition coefficient (Wildman–Crippen LogP) is 12.1. The van der Waals surface area contributed by atoms with Crippen LogP contribution < -0.4 is 24.0 Å². The minimum Gasteiger partial charge on any atom is -0.550 e. The van der Waals surface area contributed by atoms with Crippen molar-refractivity contribution in [1.82, 2.24) is 4.90 Å². The van der Waals surface area contributed by atoms with Crippen LogP contribution in [0.15, 0.2) is 0 Å². The fourth-order valence-corrected chi connectivity index (χ4v) is 7.85. The maximum atomic E-state index is 11.1. The second-order valence-electron chi connectivity index (χ2n) is 16.5. The molecule has 0 aliphatic carbocycles. The topological polar surface area (TPSA) is 43.4 Å². The number of hydrogen-bond donors (Lipinski definition) is 0. The zero-order valence-electron chi connectivity index (χ0n) is 36.0. The van der Waals surface area contributed by atoms with Crippen LogP contribution in [0.2, 0.25) is 0 Å². The Morgan fingerprint density at radius 3 is 0.784 bits per heavy atom. The molecule has 0 fully saturated rings.